The molecule has 1 saturated carbocycles. The van der Waals surface area contributed by atoms with Gasteiger partial charge in [0.15, 0.2) is 0 Å². The fourth-order valence-electron chi connectivity index (χ4n) is 3.42. The van der Waals surface area contributed by atoms with E-state index in [0.29, 0.717) is 6.42 Å². The molecule has 1 aromatic carbocycles. The molecule has 102 valence electrons. The molecule has 3 nitrogen and oxygen atoms in total. The Labute approximate surface area is 114 Å². The van der Waals surface area contributed by atoms with E-state index < -0.39 is 0 Å². The Morgan fingerprint density at radius 3 is 2.89 bits per heavy atom. The second-order valence-electron chi connectivity index (χ2n) is 5.87. The number of hydrogen-bond acceptors (Lipinski definition) is 2. The summed E-state index contributed by atoms with van der Waals surface area (Å²) < 4.78 is 0. The lowest BCUT2D eigenvalue weighted by Gasteiger charge is -2.18. The second kappa shape index (κ2) is 5.24. The highest BCUT2D eigenvalue weighted by atomic mass is 16.2. The highest BCUT2D eigenvalue weighted by Gasteiger charge is 2.25. The van der Waals surface area contributed by atoms with E-state index in [1.54, 1.807) is 0 Å². The third-order valence-electron chi connectivity index (χ3n) is 4.55. The average Bonchev–Trinajstić information content (AvgIpc) is 3.04. The Kier molecular flexibility index (Phi) is 3.45. The van der Waals surface area contributed by atoms with Crippen LogP contribution in [0.5, 0.6) is 0 Å². The van der Waals surface area contributed by atoms with Gasteiger partial charge in [0.2, 0.25) is 5.91 Å². The number of carbonyl (C=O) groups is 1. The number of nitrogen functional groups attached to an aromatic ring is 1. The zero-order valence-corrected chi connectivity index (χ0v) is 11.4. The van der Waals surface area contributed by atoms with Crippen LogP contribution in [0.4, 0.5) is 11.4 Å². The third kappa shape index (κ3) is 2.60. The van der Waals surface area contributed by atoms with Crippen LogP contribution in [0.1, 0.15) is 44.1 Å². The molecule has 1 aliphatic heterocycles. The van der Waals surface area contributed by atoms with E-state index in [1.165, 1.54) is 31.2 Å². The number of anilines is 2. The van der Waals surface area contributed by atoms with Crippen LogP contribution in [0, 0.1) is 5.92 Å². The van der Waals surface area contributed by atoms with Crippen molar-refractivity contribution in [1.29, 1.82) is 0 Å². The van der Waals surface area contributed by atoms with Gasteiger partial charge >= 0.3 is 0 Å². The number of fused-ring (bicyclic) bond motifs is 1. The van der Waals surface area contributed by atoms with E-state index in [-0.39, 0.29) is 5.91 Å². The molecule has 0 spiro atoms. The number of benzene rings is 1. The Morgan fingerprint density at radius 1 is 1.32 bits per heavy atom. The molecule has 3 heteroatoms. The standard InChI is InChI=1S/C16H22N2O/c17-14-7-6-13-9-10-18(15(13)11-14)16(19)8-5-12-3-1-2-4-12/h6-7,11-12H,1-5,8-10,17H2. The number of amides is 1. The third-order valence-corrected chi connectivity index (χ3v) is 4.55. The molecule has 0 bridgehead atoms. The highest BCUT2D eigenvalue weighted by molar-refractivity contribution is 5.96. The van der Waals surface area contributed by atoms with Crippen molar-refractivity contribution in [2.45, 2.75) is 44.9 Å². The fraction of sp³-hybridized carbons (Fsp3) is 0.562. The molecule has 1 aromatic rings. The van der Waals surface area contributed by atoms with Gasteiger partial charge in [-0.1, -0.05) is 31.7 Å². The molecule has 0 atom stereocenters. The Balaban J connectivity index is 1.64. The molecule has 2 N–H and O–H groups in total. The number of nitrogens with zero attached hydrogens (tertiary/aromatic N) is 1. The molecule has 2 aliphatic rings. The average molecular weight is 258 g/mol. The first-order valence-corrected chi connectivity index (χ1v) is 7.43. The van der Waals surface area contributed by atoms with Gasteiger partial charge in [-0.2, -0.15) is 0 Å². The van der Waals surface area contributed by atoms with Crippen LogP contribution in [-0.2, 0) is 11.2 Å². The first-order valence-electron chi connectivity index (χ1n) is 7.43. The molecular formula is C16H22N2O. The molecule has 1 heterocycles. The lowest BCUT2D eigenvalue weighted by molar-refractivity contribution is -0.118. The quantitative estimate of drug-likeness (QED) is 0.847. The van der Waals surface area contributed by atoms with Crippen molar-refractivity contribution in [3.8, 4) is 0 Å². The van der Waals surface area contributed by atoms with Crippen molar-refractivity contribution in [1.82, 2.24) is 0 Å². The van der Waals surface area contributed by atoms with E-state index in [0.717, 1.165) is 36.7 Å². The van der Waals surface area contributed by atoms with E-state index in [2.05, 4.69) is 6.07 Å². The molecule has 19 heavy (non-hydrogen) atoms. The van der Waals surface area contributed by atoms with Crippen molar-refractivity contribution >= 4 is 17.3 Å². The van der Waals surface area contributed by atoms with Gasteiger partial charge in [-0.05, 0) is 36.5 Å². The molecule has 1 amide bonds. The molecule has 1 aliphatic carbocycles. The zero-order valence-electron chi connectivity index (χ0n) is 11.4. The molecule has 0 unspecified atom stereocenters. The van der Waals surface area contributed by atoms with E-state index in [9.17, 15) is 4.79 Å². The van der Waals surface area contributed by atoms with Crippen LogP contribution in [0.3, 0.4) is 0 Å². The number of nitrogens with two attached hydrogens (primary N) is 1. The smallest absolute Gasteiger partial charge is 0.227 e. The SMILES string of the molecule is Nc1ccc2c(c1)N(C(=O)CCC1CCCC1)CC2. The summed E-state index contributed by atoms with van der Waals surface area (Å²) in [4.78, 5) is 14.3. The molecule has 3 rings (SSSR count). The van der Waals surface area contributed by atoms with Crippen molar-refractivity contribution in [3.63, 3.8) is 0 Å². The lowest BCUT2D eigenvalue weighted by atomic mass is 10.0. The second-order valence-corrected chi connectivity index (χ2v) is 5.87. The van der Waals surface area contributed by atoms with Crippen molar-refractivity contribution < 1.29 is 4.79 Å². The van der Waals surface area contributed by atoms with Crippen LogP contribution in [0.25, 0.3) is 0 Å². The number of rotatable bonds is 3. The van der Waals surface area contributed by atoms with Crippen LogP contribution in [-0.4, -0.2) is 12.5 Å². The van der Waals surface area contributed by atoms with Gasteiger partial charge in [-0.15, -0.1) is 0 Å². The molecule has 0 aromatic heterocycles. The van der Waals surface area contributed by atoms with E-state index >= 15 is 0 Å². The minimum Gasteiger partial charge on any atom is -0.399 e. The Hall–Kier alpha value is -1.51. The van der Waals surface area contributed by atoms with E-state index in [1.807, 2.05) is 17.0 Å². The highest BCUT2D eigenvalue weighted by Crippen LogP contribution is 2.32. The molecule has 0 saturated heterocycles. The summed E-state index contributed by atoms with van der Waals surface area (Å²) in [5, 5.41) is 0. The van der Waals surface area contributed by atoms with Crippen LogP contribution < -0.4 is 10.6 Å². The summed E-state index contributed by atoms with van der Waals surface area (Å²) >= 11 is 0. The summed E-state index contributed by atoms with van der Waals surface area (Å²) in [7, 11) is 0. The Morgan fingerprint density at radius 2 is 2.11 bits per heavy atom. The largest absolute Gasteiger partial charge is 0.399 e. The maximum Gasteiger partial charge on any atom is 0.227 e. The zero-order chi connectivity index (χ0) is 13.2. The molecule has 1 fully saturated rings. The first kappa shape index (κ1) is 12.5. The predicted octanol–water partition coefficient (Wildman–Crippen LogP) is 3.13. The molecule has 0 radical (unpaired) electrons. The van der Waals surface area contributed by atoms with Gasteiger partial charge in [-0.3, -0.25) is 4.79 Å². The lowest BCUT2D eigenvalue weighted by Crippen LogP contribution is -2.29. The van der Waals surface area contributed by atoms with Crippen LogP contribution in [0.2, 0.25) is 0 Å². The molecular weight excluding hydrogens is 236 g/mol. The normalized spacial score (nSPS) is 18.8. The Bertz CT molecular complexity index is 478. The summed E-state index contributed by atoms with van der Waals surface area (Å²) in [6.45, 7) is 0.822. The minimum absolute atomic E-state index is 0.274. The maximum atomic E-state index is 12.4. The van der Waals surface area contributed by atoms with E-state index in [4.69, 9.17) is 5.73 Å². The first-order chi connectivity index (χ1) is 9.24. The van der Waals surface area contributed by atoms with Crippen molar-refractivity contribution in [2.75, 3.05) is 17.2 Å². The van der Waals surface area contributed by atoms with Crippen molar-refractivity contribution in [2.24, 2.45) is 5.92 Å². The van der Waals surface area contributed by atoms with Gasteiger partial charge in [-0.25, -0.2) is 0 Å². The number of carbonyl (C=O) groups excluding carboxylic acids is 1. The summed E-state index contributed by atoms with van der Waals surface area (Å²) in [5.74, 6) is 1.06. The van der Waals surface area contributed by atoms with Crippen LogP contribution >= 0.6 is 0 Å². The van der Waals surface area contributed by atoms with Gasteiger partial charge in [0, 0.05) is 24.3 Å². The monoisotopic (exact) mass is 258 g/mol. The maximum absolute atomic E-state index is 12.4. The van der Waals surface area contributed by atoms with Crippen molar-refractivity contribution in [3.05, 3.63) is 23.8 Å². The van der Waals surface area contributed by atoms with Gasteiger partial charge < -0.3 is 10.6 Å². The predicted molar refractivity (Wildman–Crippen MR) is 78.1 cm³/mol. The van der Waals surface area contributed by atoms with Gasteiger partial charge in [0.1, 0.15) is 0 Å². The minimum atomic E-state index is 0.274. The summed E-state index contributed by atoms with van der Waals surface area (Å²) in [5.41, 5.74) is 8.86. The van der Waals surface area contributed by atoms with Gasteiger partial charge in [0.05, 0.1) is 0 Å². The van der Waals surface area contributed by atoms with Gasteiger partial charge in [0.25, 0.3) is 0 Å². The van der Waals surface area contributed by atoms with Crippen LogP contribution in [0.15, 0.2) is 18.2 Å². The summed E-state index contributed by atoms with van der Waals surface area (Å²) in [6, 6.07) is 5.91. The fourth-order valence-corrected chi connectivity index (χ4v) is 3.42. The summed E-state index contributed by atoms with van der Waals surface area (Å²) in [6.07, 6.45) is 8.05. The number of hydrogen-bond donors (Lipinski definition) is 1. The topological polar surface area (TPSA) is 46.3 Å².